The summed E-state index contributed by atoms with van der Waals surface area (Å²) in [6.45, 7) is 4.04. The fourth-order valence-electron chi connectivity index (χ4n) is 2.42. The van der Waals surface area contributed by atoms with Gasteiger partial charge >= 0.3 is 0 Å². The van der Waals surface area contributed by atoms with Crippen molar-refractivity contribution >= 4 is 34.8 Å². The van der Waals surface area contributed by atoms with Crippen LogP contribution in [0.25, 0.3) is 0 Å². The molecule has 5 nitrogen and oxygen atoms in total. The van der Waals surface area contributed by atoms with Crippen LogP contribution in [0.1, 0.15) is 37.6 Å². The minimum absolute atomic E-state index is 0. The number of hydrogen-bond donors (Lipinski definition) is 2. The molecule has 1 aromatic rings. The average Bonchev–Trinajstić information content (AvgIpc) is 2.88. The van der Waals surface area contributed by atoms with E-state index in [1.807, 2.05) is 0 Å². The Labute approximate surface area is 132 Å². The van der Waals surface area contributed by atoms with Gasteiger partial charge in [-0.05, 0) is 37.8 Å². The molecule has 1 aliphatic rings. The van der Waals surface area contributed by atoms with Crippen LogP contribution in [-0.4, -0.2) is 29.2 Å². The van der Waals surface area contributed by atoms with E-state index in [2.05, 4.69) is 27.8 Å². The molecule has 2 N–H and O–H groups in total. The summed E-state index contributed by atoms with van der Waals surface area (Å²) in [5.41, 5.74) is 0. The highest BCUT2D eigenvalue weighted by Crippen LogP contribution is 2.27. The average molecular weight is 341 g/mol. The van der Waals surface area contributed by atoms with E-state index < -0.39 is 6.43 Å². The Morgan fingerprint density at radius 2 is 2.10 bits per heavy atom. The zero-order valence-corrected chi connectivity index (χ0v) is 13.3. The fraction of sp³-hybridized carbons (Fsp3) is 0.750. The maximum absolute atomic E-state index is 12.4. The molecule has 9 heteroatoms. The standard InChI is InChI=1S/C12H18F2N4OS.ClH/c1-7(8-2-4-15-5-3-8)6-9(19)16-12-18-17-11(20-12)10(13)14;/h7-8,10,15H,2-6H2,1H3,(H,16,18,19);1H. The van der Waals surface area contributed by atoms with Crippen LogP contribution in [0.4, 0.5) is 13.9 Å². The normalized spacial score (nSPS) is 17.3. The summed E-state index contributed by atoms with van der Waals surface area (Å²) < 4.78 is 24.7. The van der Waals surface area contributed by atoms with Gasteiger partial charge in [0.1, 0.15) is 0 Å². The van der Waals surface area contributed by atoms with Crippen molar-refractivity contribution < 1.29 is 13.6 Å². The van der Waals surface area contributed by atoms with Crippen LogP contribution < -0.4 is 10.6 Å². The number of amides is 1. The quantitative estimate of drug-likeness (QED) is 0.865. The lowest BCUT2D eigenvalue weighted by Gasteiger charge is -2.27. The zero-order valence-electron chi connectivity index (χ0n) is 11.6. The van der Waals surface area contributed by atoms with E-state index in [1.165, 1.54) is 0 Å². The van der Waals surface area contributed by atoms with Crippen LogP contribution in [0.2, 0.25) is 0 Å². The third kappa shape index (κ3) is 5.44. The van der Waals surface area contributed by atoms with Crippen LogP contribution in [0, 0.1) is 11.8 Å². The second kappa shape index (κ2) is 8.55. The van der Waals surface area contributed by atoms with E-state index in [0.717, 1.165) is 37.3 Å². The minimum atomic E-state index is -2.65. The maximum Gasteiger partial charge on any atom is 0.291 e. The van der Waals surface area contributed by atoms with Crippen molar-refractivity contribution in [2.75, 3.05) is 18.4 Å². The van der Waals surface area contributed by atoms with Crippen molar-refractivity contribution in [3.8, 4) is 0 Å². The van der Waals surface area contributed by atoms with Gasteiger partial charge in [0.15, 0.2) is 5.01 Å². The first-order valence-corrected chi connectivity index (χ1v) is 7.50. The second-order valence-corrected chi connectivity index (χ2v) is 6.07. The predicted molar refractivity (Wildman–Crippen MR) is 80.1 cm³/mol. The van der Waals surface area contributed by atoms with Gasteiger partial charge in [-0.2, -0.15) is 0 Å². The summed E-state index contributed by atoms with van der Waals surface area (Å²) in [5, 5.41) is 12.5. The largest absolute Gasteiger partial charge is 0.317 e. The lowest BCUT2D eigenvalue weighted by Crippen LogP contribution is -2.32. The molecule has 1 aliphatic heterocycles. The number of hydrogen-bond acceptors (Lipinski definition) is 5. The number of halogens is 3. The highest BCUT2D eigenvalue weighted by atomic mass is 35.5. The fourth-order valence-corrected chi connectivity index (χ4v) is 3.03. The molecule has 1 amide bonds. The number of anilines is 1. The molecule has 120 valence electrons. The number of nitrogens with zero attached hydrogens (tertiary/aromatic N) is 2. The number of carbonyl (C=O) groups is 1. The molecule has 1 fully saturated rings. The number of aromatic nitrogens is 2. The van der Waals surface area contributed by atoms with Crippen LogP contribution in [0.15, 0.2) is 0 Å². The van der Waals surface area contributed by atoms with Crippen molar-refractivity contribution in [1.82, 2.24) is 15.5 Å². The van der Waals surface area contributed by atoms with E-state index in [0.29, 0.717) is 12.3 Å². The van der Waals surface area contributed by atoms with E-state index in [1.54, 1.807) is 0 Å². The molecule has 2 heterocycles. The molecule has 2 rings (SSSR count). The molecule has 0 aromatic carbocycles. The summed E-state index contributed by atoms with van der Waals surface area (Å²) in [6.07, 6.45) is -0.119. The Kier molecular flexibility index (Phi) is 7.41. The number of nitrogens with one attached hydrogen (secondary N) is 2. The van der Waals surface area contributed by atoms with E-state index >= 15 is 0 Å². The van der Waals surface area contributed by atoms with Gasteiger partial charge in [-0.3, -0.25) is 4.79 Å². The van der Waals surface area contributed by atoms with Crippen molar-refractivity contribution in [3.63, 3.8) is 0 Å². The smallest absolute Gasteiger partial charge is 0.291 e. The van der Waals surface area contributed by atoms with Crippen molar-refractivity contribution in [2.45, 2.75) is 32.6 Å². The van der Waals surface area contributed by atoms with Crippen LogP contribution >= 0.6 is 23.7 Å². The molecule has 1 saturated heterocycles. The predicted octanol–water partition coefficient (Wildman–Crippen LogP) is 2.86. The van der Waals surface area contributed by atoms with Crippen molar-refractivity contribution in [1.29, 1.82) is 0 Å². The zero-order chi connectivity index (χ0) is 14.5. The molecule has 1 unspecified atom stereocenters. The summed E-state index contributed by atoms with van der Waals surface area (Å²) in [5.74, 6) is 0.626. The third-order valence-electron chi connectivity index (χ3n) is 3.57. The lowest BCUT2D eigenvalue weighted by molar-refractivity contribution is -0.117. The van der Waals surface area contributed by atoms with Gasteiger partial charge in [0, 0.05) is 6.42 Å². The summed E-state index contributed by atoms with van der Waals surface area (Å²) in [7, 11) is 0. The maximum atomic E-state index is 12.4. The first-order valence-electron chi connectivity index (χ1n) is 6.68. The number of rotatable bonds is 5. The van der Waals surface area contributed by atoms with Crippen LogP contribution in [-0.2, 0) is 4.79 Å². The van der Waals surface area contributed by atoms with E-state index in [4.69, 9.17) is 0 Å². The Hall–Kier alpha value is -0.860. The highest BCUT2D eigenvalue weighted by molar-refractivity contribution is 7.15. The third-order valence-corrected chi connectivity index (χ3v) is 4.42. The minimum Gasteiger partial charge on any atom is -0.317 e. The number of piperidine rings is 1. The Morgan fingerprint density at radius 1 is 1.43 bits per heavy atom. The lowest BCUT2D eigenvalue weighted by atomic mass is 9.84. The van der Waals surface area contributed by atoms with Gasteiger partial charge < -0.3 is 10.6 Å². The van der Waals surface area contributed by atoms with Gasteiger partial charge in [0.25, 0.3) is 6.43 Å². The van der Waals surface area contributed by atoms with Gasteiger partial charge in [-0.25, -0.2) is 8.78 Å². The van der Waals surface area contributed by atoms with Gasteiger partial charge in [0.05, 0.1) is 0 Å². The molecule has 0 saturated carbocycles. The Balaban J connectivity index is 0.00000220. The SMILES string of the molecule is CC(CC(=O)Nc1nnc(C(F)F)s1)C1CCNCC1.Cl. The summed E-state index contributed by atoms with van der Waals surface area (Å²) in [6, 6.07) is 0. The molecule has 21 heavy (non-hydrogen) atoms. The summed E-state index contributed by atoms with van der Waals surface area (Å²) in [4.78, 5) is 11.9. The van der Waals surface area contributed by atoms with Crippen molar-refractivity contribution in [2.24, 2.45) is 11.8 Å². The molecule has 0 aliphatic carbocycles. The van der Waals surface area contributed by atoms with Crippen molar-refractivity contribution in [3.05, 3.63) is 5.01 Å². The van der Waals surface area contributed by atoms with E-state index in [-0.39, 0.29) is 34.4 Å². The number of alkyl halides is 2. The van der Waals surface area contributed by atoms with Gasteiger partial charge in [-0.15, -0.1) is 22.6 Å². The highest BCUT2D eigenvalue weighted by Gasteiger charge is 2.23. The molecule has 0 bridgehead atoms. The van der Waals surface area contributed by atoms with Crippen LogP contribution in [0.3, 0.4) is 0 Å². The monoisotopic (exact) mass is 340 g/mol. The molecule has 0 spiro atoms. The second-order valence-electron chi connectivity index (χ2n) is 5.06. The van der Waals surface area contributed by atoms with E-state index in [9.17, 15) is 13.6 Å². The molecule has 0 radical (unpaired) electrons. The molecule has 1 aromatic heterocycles. The summed E-state index contributed by atoms with van der Waals surface area (Å²) >= 11 is 0.718. The molecular weight excluding hydrogens is 322 g/mol. The van der Waals surface area contributed by atoms with Gasteiger partial charge in [-0.1, -0.05) is 18.3 Å². The first-order chi connectivity index (χ1) is 9.56. The molecule has 1 atom stereocenters. The number of carbonyl (C=O) groups excluding carboxylic acids is 1. The van der Waals surface area contributed by atoms with Gasteiger partial charge in [0.2, 0.25) is 11.0 Å². The molecular formula is C12H19ClF2N4OS. The first kappa shape index (κ1) is 18.2. The Morgan fingerprint density at radius 3 is 2.67 bits per heavy atom. The van der Waals surface area contributed by atoms with Crippen LogP contribution in [0.5, 0.6) is 0 Å². The Bertz CT molecular complexity index is 454. The topological polar surface area (TPSA) is 66.9 Å².